The monoisotopic (exact) mass is 203 g/mol. The van der Waals surface area contributed by atoms with Gasteiger partial charge in [0, 0.05) is 12.5 Å². The van der Waals surface area contributed by atoms with Gasteiger partial charge in [-0.2, -0.15) is 0 Å². The van der Waals surface area contributed by atoms with Crippen molar-refractivity contribution in [2.45, 2.75) is 26.4 Å². The molecule has 2 nitrogen and oxygen atoms in total. The van der Waals surface area contributed by atoms with Gasteiger partial charge < -0.3 is 0 Å². The van der Waals surface area contributed by atoms with E-state index in [4.69, 9.17) is 0 Å². The number of benzene rings is 1. The van der Waals surface area contributed by atoms with E-state index in [1.54, 1.807) is 0 Å². The third-order valence-corrected chi connectivity index (χ3v) is 3.05. The first-order valence-electron chi connectivity index (χ1n) is 5.43. The predicted octanol–water partition coefficient (Wildman–Crippen LogP) is 2.40. The molecular weight excluding hydrogens is 186 g/mol. The highest BCUT2D eigenvalue weighted by Gasteiger charge is 2.33. The van der Waals surface area contributed by atoms with E-state index in [9.17, 15) is 4.79 Å². The molecule has 1 aliphatic heterocycles. The molecule has 2 rings (SSSR count). The minimum absolute atomic E-state index is 0.0267. The first kappa shape index (κ1) is 10.4. The Hall–Kier alpha value is -1.15. The molecule has 80 valence electrons. The van der Waals surface area contributed by atoms with Gasteiger partial charge in [0.1, 0.15) is 0 Å². The molecule has 0 bridgehead atoms. The number of carbonyl (C=O) groups excluding carboxylic acids is 1. The van der Waals surface area contributed by atoms with Crippen molar-refractivity contribution in [2.75, 3.05) is 7.05 Å². The Labute approximate surface area is 90.9 Å². The summed E-state index contributed by atoms with van der Waals surface area (Å²) >= 11 is 0. The Balaban J connectivity index is 2.38. The summed E-state index contributed by atoms with van der Waals surface area (Å²) in [6.07, 6.45) is 0. The standard InChI is InChI=1S/C13H17NO/c1-9(2)13(15)12-11-7-5-4-6-10(11)8-14(12)3/h4-7,9,12H,8H2,1-3H3/t12-/m1/s1. The Morgan fingerprint density at radius 1 is 1.40 bits per heavy atom. The van der Waals surface area contributed by atoms with Gasteiger partial charge >= 0.3 is 0 Å². The molecule has 1 atom stereocenters. The van der Waals surface area contributed by atoms with Crippen LogP contribution in [-0.4, -0.2) is 17.7 Å². The Bertz CT molecular complexity index is 384. The van der Waals surface area contributed by atoms with Crippen LogP contribution < -0.4 is 0 Å². The highest BCUT2D eigenvalue weighted by Crippen LogP contribution is 2.34. The summed E-state index contributed by atoms with van der Waals surface area (Å²) in [6.45, 7) is 4.83. The van der Waals surface area contributed by atoms with E-state index in [-0.39, 0.29) is 12.0 Å². The molecule has 0 saturated heterocycles. The molecule has 1 heterocycles. The van der Waals surface area contributed by atoms with Gasteiger partial charge in [0.15, 0.2) is 5.78 Å². The lowest BCUT2D eigenvalue weighted by molar-refractivity contribution is -0.126. The van der Waals surface area contributed by atoms with Crippen molar-refractivity contribution in [1.82, 2.24) is 4.90 Å². The summed E-state index contributed by atoms with van der Waals surface area (Å²) in [5.41, 5.74) is 2.48. The molecule has 0 amide bonds. The maximum atomic E-state index is 12.1. The van der Waals surface area contributed by atoms with Crippen LogP contribution >= 0.6 is 0 Å². The van der Waals surface area contributed by atoms with Crippen molar-refractivity contribution in [1.29, 1.82) is 0 Å². The van der Waals surface area contributed by atoms with Crippen molar-refractivity contribution < 1.29 is 4.79 Å². The summed E-state index contributed by atoms with van der Waals surface area (Å²) in [7, 11) is 2.02. The van der Waals surface area contributed by atoms with Crippen molar-refractivity contribution in [3.8, 4) is 0 Å². The molecular formula is C13H17NO. The molecule has 2 heteroatoms. The summed E-state index contributed by atoms with van der Waals surface area (Å²) in [5, 5.41) is 0. The summed E-state index contributed by atoms with van der Waals surface area (Å²) in [6, 6.07) is 8.21. The van der Waals surface area contributed by atoms with Gasteiger partial charge in [-0.15, -0.1) is 0 Å². The van der Waals surface area contributed by atoms with Gasteiger partial charge in [0.2, 0.25) is 0 Å². The van der Waals surface area contributed by atoms with Gasteiger partial charge in [-0.1, -0.05) is 38.1 Å². The first-order valence-corrected chi connectivity index (χ1v) is 5.43. The van der Waals surface area contributed by atoms with E-state index in [1.165, 1.54) is 11.1 Å². The number of hydrogen-bond acceptors (Lipinski definition) is 2. The molecule has 0 unspecified atom stereocenters. The second-order valence-electron chi connectivity index (χ2n) is 4.57. The fourth-order valence-electron chi connectivity index (χ4n) is 2.23. The van der Waals surface area contributed by atoms with Crippen LogP contribution in [0.1, 0.15) is 31.0 Å². The van der Waals surface area contributed by atoms with Crippen LogP contribution in [0.15, 0.2) is 24.3 Å². The van der Waals surface area contributed by atoms with Crippen LogP contribution in [0.3, 0.4) is 0 Å². The maximum absolute atomic E-state index is 12.1. The van der Waals surface area contributed by atoms with Gasteiger partial charge in [-0.3, -0.25) is 9.69 Å². The minimum Gasteiger partial charge on any atom is -0.297 e. The quantitative estimate of drug-likeness (QED) is 0.735. The van der Waals surface area contributed by atoms with E-state index in [0.29, 0.717) is 5.78 Å². The highest BCUT2D eigenvalue weighted by atomic mass is 16.1. The van der Waals surface area contributed by atoms with Crippen LogP contribution in [0.4, 0.5) is 0 Å². The lowest BCUT2D eigenvalue weighted by atomic mass is 9.95. The molecule has 1 aromatic rings. The zero-order valence-corrected chi connectivity index (χ0v) is 9.53. The molecule has 1 aromatic carbocycles. The SMILES string of the molecule is CC(C)C(=O)[C@H]1c2ccccc2CN1C. The summed E-state index contributed by atoms with van der Waals surface area (Å²) in [4.78, 5) is 14.2. The number of hydrogen-bond donors (Lipinski definition) is 0. The number of nitrogens with zero attached hydrogens (tertiary/aromatic N) is 1. The van der Waals surface area contributed by atoms with Crippen LogP contribution in [0.5, 0.6) is 0 Å². The molecule has 0 radical (unpaired) electrons. The second kappa shape index (κ2) is 3.78. The number of Topliss-reactive ketones (excluding diaryl/α,β-unsaturated/α-hetero) is 1. The summed E-state index contributed by atoms with van der Waals surface area (Å²) in [5.74, 6) is 0.422. The van der Waals surface area contributed by atoms with Crippen LogP contribution in [0.2, 0.25) is 0 Å². The topological polar surface area (TPSA) is 20.3 Å². The third kappa shape index (κ3) is 1.70. The van der Waals surface area contributed by atoms with Crippen molar-refractivity contribution in [3.63, 3.8) is 0 Å². The minimum atomic E-state index is -0.0267. The number of likely N-dealkylation sites (N-methyl/N-ethyl adjacent to an activating group) is 1. The molecule has 15 heavy (non-hydrogen) atoms. The predicted molar refractivity (Wildman–Crippen MR) is 60.5 cm³/mol. The van der Waals surface area contributed by atoms with Crippen LogP contribution in [0.25, 0.3) is 0 Å². The van der Waals surface area contributed by atoms with Crippen LogP contribution in [0, 0.1) is 5.92 Å². The Kier molecular flexibility index (Phi) is 2.61. The lowest BCUT2D eigenvalue weighted by Crippen LogP contribution is -2.27. The molecule has 0 spiro atoms. The van der Waals surface area contributed by atoms with Gasteiger partial charge in [0.05, 0.1) is 6.04 Å². The Morgan fingerprint density at radius 2 is 2.07 bits per heavy atom. The second-order valence-corrected chi connectivity index (χ2v) is 4.57. The average molecular weight is 203 g/mol. The van der Waals surface area contributed by atoms with E-state index in [1.807, 2.05) is 33.0 Å². The first-order chi connectivity index (χ1) is 7.11. The molecule has 0 aliphatic carbocycles. The zero-order chi connectivity index (χ0) is 11.0. The van der Waals surface area contributed by atoms with Crippen molar-refractivity contribution in [2.24, 2.45) is 5.92 Å². The number of rotatable bonds is 2. The van der Waals surface area contributed by atoms with E-state index >= 15 is 0 Å². The lowest BCUT2D eigenvalue weighted by Gasteiger charge is -2.20. The zero-order valence-electron chi connectivity index (χ0n) is 9.53. The van der Waals surface area contributed by atoms with Crippen molar-refractivity contribution in [3.05, 3.63) is 35.4 Å². The van der Waals surface area contributed by atoms with E-state index < -0.39 is 0 Å². The number of fused-ring (bicyclic) bond motifs is 1. The number of ketones is 1. The third-order valence-electron chi connectivity index (χ3n) is 3.05. The van der Waals surface area contributed by atoms with Gasteiger partial charge in [-0.05, 0) is 18.2 Å². The van der Waals surface area contributed by atoms with E-state index in [2.05, 4.69) is 17.0 Å². The van der Waals surface area contributed by atoms with Crippen LogP contribution in [-0.2, 0) is 11.3 Å². The smallest absolute Gasteiger partial charge is 0.157 e. The molecule has 0 N–H and O–H groups in total. The number of carbonyl (C=O) groups is 1. The van der Waals surface area contributed by atoms with Gasteiger partial charge in [-0.25, -0.2) is 0 Å². The maximum Gasteiger partial charge on any atom is 0.157 e. The van der Waals surface area contributed by atoms with Crippen molar-refractivity contribution >= 4 is 5.78 Å². The normalized spacial score (nSPS) is 20.7. The van der Waals surface area contributed by atoms with E-state index in [0.717, 1.165) is 6.54 Å². The molecule has 1 aliphatic rings. The highest BCUT2D eigenvalue weighted by molar-refractivity contribution is 5.87. The average Bonchev–Trinajstić information content (AvgIpc) is 2.52. The Morgan fingerprint density at radius 3 is 2.73 bits per heavy atom. The molecule has 0 fully saturated rings. The largest absolute Gasteiger partial charge is 0.297 e. The molecule has 0 saturated carbocycles. The fourth-order valence-corrected chi connectivity index (χ4v) is 2.23. The van der Waals surface area contributed by atoms with Gasteiger partial charge in [0.25, 0.3) is 0 Å². The fraction of sp³-hybridized carbons (Fsp3) is 0.462. The summed E-state index contributed by atoms with van der Waals surface area (Å²) < 4.78 is 0. The molecule has 0 aromatic heterocycles.